The minimum absolute atomic E-state index is 0.0579. The molecule has 1 aliphatic heterocycles. The molecule has 0 bridgehead atoms. The molecule has 1 N–H and O–H groups in total. The van der Waals surface area contributed by atoms with Gasteiger partial charge in [0.05, 0.1) is 19.7 Å². The van der Waals surface area contributed by atoms with Crippen molar-refractivity contribution in [3.63, 3.8) is 0 Å². The van der Waals surface area contributed by atoms with Gasteiger partial charge in [-0.3, -0.25) is 4.84 Å². The Hall–Kier alpha value is -2.61. The highest BCUT2D eigenvalue weighted by atomic mass is 16.7. The molecule has 27 heavy (non-hydrogen) atoms. The predicted octanol–water partition coefficient (Wildman–Crippen LogP) is 2.44. The van der Waals surface area contributed by atoms with E-state index in [0.717, 1.165) is 18.4 Å². The monoisotopic (exact) mass is 379 g/mol. The number of hydrogen-bond acceptors (Lipinski definition) is 5. The molecule has 3 amide bonds. The number of nitrogens with one attached hydrogen (secondary N) is 1. The molecule has 0 spiro atoms. The zero-order valence-electron chi connectivity index (χ0n) is 16.4. The number of alkyl carbamates (subject to hydrolysis) is 1. The van der Waals surface area contributed by atoms with Gasteiger partial charge in [0.25, 0.3) is 0 Å². The van der Waals surface area contributed by atoms with Crippen molar-refractivity contribution >= 4 is 18.4 Å². The first kappa shape index (κ1) is 22.4. The lowest BCUT2D eigenvalue weighted by Gasteiger charge is -2.14. The summed E-state index contributed by atoms with van der Waals surface area (Å²) in [6, 6.07) is 8.87. The molecule has 0 aromatic heterocycles. The van der Waals surface area contributed by atoms with Crippen LogP contribution in [0.4, 0.5) is 9.59 Å². The van der Waals surface area contributed by atoms with E-state index in [1.165, 1.54) is 12.2 Å². The SMILES string of the molecule is CC(C)CC(C=O)NC(=O)OCc1ccccc1.CON1CCN(C)C1=O. The number of hydrogen-bond donors (Lipinski definition) is 1. The molecule has 1 unspecified atom stereocenters. The Bertz CT molecular complexity index is 594. The second kappa shape index (κ2) is 11.9. The Morgan fingerprint density at radius 2 is 1.93 bits per heavy atom. The number of hydroxylamine groups is 2. The van der Waals surface area contributed by atoms with E-state index >= 15 is 0 Å². The van der Waals surface area contributed by atoms with Crippen molar-refractivity contribution in [2.45, 2.75) is 32.9 Å². The summed E-state index contributed by atoms with van der Waals surface area (Å²) in [6.07, 6.45) is 0.796. The van der Waals surface area contributed by atoms with Crippen LogP contribution >= 0.6 is 0 Å². The van der Waals surface area contributed by atoms with Crippen LogP contribution in [0, 0.1) is 5.92 Å². The van der Waals surface area contributed by atoms with Crippen LogP contribution in [0.25, 0.3) is 0 Å². The summed E-state index contributed by atoms with van der Waals surface area (Å²) in [5, 5.41) is 3.87. The zero-order valence-corrected chi connectivity index (χ0v) is 16.4. The Morgan fingerprint density at radius 3 is 2.37 bits per heavy atom. The molecule has 1 aromatic carbocycles. The minimum Gasteiger partial charge on any atom is -0.445 e. The molecule has 150 valence electrons. The standard InChI is InChI=1S/C14H19NO3.C5H10N2O2/c1-11(2)8-13(9-16)15-14(17)18-10-12-6-4-3-5-7-12;1-6-3-4-7(9-2)5(6)8/h3-7,9,11,13H,8,10H2,1-2H3,(H,15,17);3-4H2,1-2H3. The number of nitrogens with zero attached hydrogens (tertiary/aromatic N) is 2. The number of benzene rings is 1. The van der Waals surface area contributed by atoms with E-state index in [1.54, 1.807) is 11.9 Å². The molecule has 1 atom stereocenters. The molecule has 1 saturated heterocycles. The fourth-order valence-electron chi connectivity index (χ4n) is 2.36. The number of urea groups is 1. The molecule has 8 heteroatoms. The number of rotatable bonds is 7. The molecule has 0 aliphatic carbocycles. The van der Waals surface area contributed by atoms with Gasteiger partial charge in [-0.15, -0.1) is 0 Å². The summed E-state index contributed by atoms with van der Waals surface area (Å²) in [7, 11) is 3.25. The van der Waals surface area contributed by atoms with Crippen LogP contribution in [-0.4, -0.2) is 61.7 Å². The predicted molar refractivity (Wildman–Crippen MR) is 101 cm³/mol. The molecular weight excluding hydrogens is 350 g/mol. The van der Waals surface area contributed by atoms with E-state index in [9.17, 15) is 14.4 Å². The molecular formula is C19H29N3O5. The van der Waals surface area contributed by atoms with Crippen LogP contribution in [0.3, 0.4) is 0 Å². The highest BCUT2D eigenvalue weighted by Gasteiger charge is 2.24. The lowest BCUT2D eigenvalue weighted by atomic mass is 10.1. The van der Waals surface area contributed by atoms with Gasteiger partial charge in [-0.2, -0.15) is 0 Å². The number of carbonyl (C=O) groups is 3. The third kappa shape index (κ3) is 8.54. The van der Waals surface area contributed by atoms with Gasteiger partial charge < -0.3 is 19.7 Å². The Balaban J connectivity index is 0.000000337. The maximum Gasteiger partial charge on any atom is 0.408 e. The van der Waals surface area contributed by atoms with Crippen molar-refractivity contribution in [3.05, 3.63) is 35.9 Å². The number of ether oxygens (including phenoxy) is 1. The van der Waals surface area contributed by atoms with Crippen LogP contribution in [0.1, 0.15) is 25.8 Å². The van der Waals surface area contributed by atoms with Crippen molar-refractivity contribution in [3.8, 4) is 0 Å². The van der Waals surface area contributed by atoms with Crippen molar-refractivity contribution in [1.82, 2.24) is 15.3 Å². The minimum atomic E-state index is -0.559. The van der Waals surface area contributed by atoms with Crippen LogP contribution in [-0.2, 0) is 21.0 Å². The fourth-order valence-corrected chi connectivity index (χ4v) is 2.36. The average molecular weight is 379 g/mol. The van der Waals surface area contributed by atoms with Crippen molar-refractivity contribution in [2.75, 3.05) is 27.2 Å². The Morgan fingerprint density at radius 1 is 1.26 bits per heavy atom. The third-order valence-electron chi connectivity index (χ3n) is 3.80. The van der Waals surface area contributed by atoms with E-state index in [0.29, 0.717) is 18.9 Å². The summed E-state index contributed by atoms with van der Waals surface area (Å²) in [4.78, 5) is 39.5. The lowest BCUT2D eigenvalue weighted by molar-refractivity contribution is -0.109. The lowest BCUT2D eigenvalue weighted by Crippen LogP contribution is -2.37. The van der Waals surface area contributed by atoms with Gasteiger partial charge in [-0.05, 0) is 17.9 Å². The van der Waals surface area contributed by atoms with Crippen LogP contribution < -0.4 is 5.32 Å². The second-order valence-electron chi connectivity index (χ2n) is 6.57. The molecule has 1 fully saturated rings. The van der Waals surface area contributed by atoms with Gasteiger partial charge >= 0.3 is 12.1 Å². The topological polar surface area (TPSA) is 88.2 Å². The highest BCUT2D eigenvalue weighted by Crippen LogP contribution is 2.05. The summed E-state index contributed by atoms with van der Waals surface area (Å²) in [6.45, 7) is 5.62. The molecule has 8 nitrogen and oxygen atoms in total. The molecule has 0 saturated carbocycles. The van der Waals surface area contributed by atoms with E-state index < -0.39 is 12.1 Å². The normalized spacial score (nSPS) is 14.5. The Kier molecular flexibility index (Phi) is 9.89. The van der Waals surface area contributed by atoms with Crippen LogP contribution in [0.5, 0.6) is 0 Å². The van der Waals surface area contributed by atoms with Crippen molar-refractivity contribution < 1.29 is 24.0 Å². The van der Waals surface area contributed by atoms with Gasteiger partial charge in [0.2, 0.25) is 0 Å². The molecule has 1 aliphatic rings. The van der Waals surface area contributed by atoms with Gasteiger partial charge in [0.15, 0.2) is 0 Å². The van der Waals surface area contributed by atoms with Crippen LogP contribution in [0.2, 0.25) is 0 Å². The van der Waals surface area contributed by atoms with Gasteiger partial charge in [-0.1, -0.05) is 44.2 Å². The van der Waals surface area contributed by atoms with E-state index in [1.807, 2.05) is 44.2 Å². The quantitative estimate of drug-likeness (QED) is 0.735. The van der Waals surface area contributed by atoms with Crippen LogP contribution in [0.15, 0.2) is 30.3 Å². The smallest absolute Gasteiger partial charge is 0.408 e. The summed E-state index contributed by atoms with van der Waals surface area (Å²) in [5.74, 6) is 0.342. The van der Waals surface area contributed by atoms with Gasteiger partial charge in [0.1, 0.15) is 12.9 Å². The van der Waals surface area contributed by atoms with E-state index in [2.05, 4.69) is 5.32 Å². The number of amides is 3. The fraction of sp³-hybridized carbons (Fsp3) is 0.526. The zero-order chi connectivity index (χ0) is 20.2. The third-order valence-corrected chi connectivity index (χ3v) is 3.80. The first-order chi connectivity index (χ1) is 12.9. The molecule has 2 rings (SSSR count). The van der Waals surface area contributed by atoms with Gasteiger partial charge in [0, 0.05) is 13.6 Å². The molecule has 1 aromatic rings. The second-order valence-corrected chi connectivity index (χ2v) is 6.57. The maximum absolute atomic E-state index is 11.5. The summed E-state index contributed by atoms with van der Waals surface area (Å²) < 4.78 is 5.03. The van der Waals surface area contributed by atoms with E-state index in [-0.39, 0.29) is 12.6 Å². The number of aldehydes is 1. The number of carbonyl (C=O) groups excluding carboxylic acids is 3. The highest BCUT2D eigenvalue weighted by molar-refractivity contribution is 5.75. The summed E-state index contributed by atoms with van der Waals surface area (Å²) >= 11 is 0. The largest absolute Gasteiger partial charge is 0.445 e. The average Bonchev–Trinajstić information content (AvgIpc) is 2.98. The first-order valence-corrected chi connectivity index (χ1v) is 8.86. The molecule has 1 heterocycles. The van der Waals surface area contributed by atoms with E-state index in [4.69, 9.17) is 9.57 Å². The Labute approximate surface area is 160 Å². The van der Waals surface area contributed by atoms with Gasteiger partial charge in [-0.25, -0.2) is 14.7 Å². The van der Waals surface area contributed by atoms with Crippen molar-refractivity contribution in [1.29, 1.82) is 0 Å². The first-order valence-electron chi connectivity index (χ1n) is 8.86. The maximum atomic E-state index is 11.5. The molecule has 0 radical (unpaired) electrons. The summed E-state index contributed by atoms with van der Waals surface area (Å²) in [5.41, 5.74) is 0.916. The van der Waals surface area contributed by atoms with Crippen molar-refractivity contribution in [2.24, 2.45) is 5.92 Å². The number of likely N-dealkylation sites (N-methyl/N-ethyl adjacent to an activating group) is 1.